The standard InChI is InChI=1S/C15H18FN5O2/c1-17-14-18-8-12(9-19-14)2-3-13-10-20-15(21-11-13)23-7-6-22-5-4-16/h2-3,8-11H,4-7H2,1H3,(H,17,18,19)/b3-2+. The van der Waals surface area contributed by atoms with Gasteiger partial charge in [0.05, 0.1) is 13.2 Å². The van der Waals surface area contributed by atoms with Crippen LogP contribution >= 0.6 is 0 Å². The van der Waals surface area contributed by atoms with Crippen molar-refractivity contribution in [3.05, 3.63) is 35.9 Å². The Morgan fingerprint density at radius 2 is 1.57 bits per heavy atom. The maximum absolute atomic E-state index is 11.8. The van der Waals surface area contributed by atoms with E-state index in [2.05, 4.69) is 25.3 Å². The van der Waals surface area contributed by atoms with Crippen LogP contribution in [0.15, 0.2) is 24.8 Å². The zero-order chi connectivity index (χ0) is 16.3. The summed E-state index contributed by atoms with van der Waals surface area (Å²) in [6.07, 6.45) is 10.4. The van der Waals surface area contributed by atoms with Crippen LogP contribution in [0.4, 0.5) is 10.3 Å². The predicted octanol–water partition coefficient (Wildman–Crippen LogP) is 1.84. The molecule has 0 saturated heterocycles. The normalized spacial score (nSPS) is 10.9. The highest BCUT2D eigenvalue weighted by molar-refractivity contribution is 5.68. The average Bonchev–Trinajstić information content (AvgIpc) is 2.61. The van der Waals surface area contributed by atoms with Crippen molar-refractivity contribution in [1.29, 1.82) is 0 Å². The lowest BCUT2D eigenvalue weighted by molar-refractivity contribution is 0.0868. The Balaban J connectivity index is 1.82. The summed E-state index contributed by atoms with van der Waals surface area (Å²) in [5, 5.41) is 2.85. The topological polar surface area (TPSA) is 82.1 Å². The Labute approximate surface area is 133 Å². The molecule has 8 heteroatoms. The molecule has 0 aliphatic heterocycles. The molecule has 0 fully saturated rings. The number of nitrogens with one attached hydrogen (secondary N) is 1. The molecule has 0 radical (unpaired) electrons. The zero-order valence-electron chi connectivity index (χ0n) is 12.8. The second kappa shape index (κ2) is 9.42. The predicted molar refractivity (Wildman–Crippen MR) is 84.8 cm³/mol. The number of hydrogen-bond acceptors (Lipinski definition) is 7. The first-order valence-electron chi connectivity index (χ1n) is 7.08. The summed E-state index contributed by atoms with van der Waals surface area (Å²) >= 11 is 0. The molecule has 7 nitrogen and oxygen atoms in total. The molecule has 2 rings (SSSR count). The second-order valence-corrected chi connectivity index (χ2v) is 4.37. The number of nitrogens with zero attached hydrogens (tertiary/aromatic N) is 4. The van der Waals surface area contributed by atoms with E-state index < -0.39 is 6.67 Å². The van der Waals surface area contributed by atoms with Crippen LogP contribution < -0.4 is 10.1 Å². The lowest BCUT2D eigenvalue weighted by Crippen LogP contribution is -2.09. The van der Waals surface area contributed by atoms with Crippen LogP contribution in [0.3, 0.4) is 0 Å². The summed E-state index contributed by atoms with van der Waals surface area (Å²) in [5.41, 5.74) is 1.69. The van der Waals surface area contributed by atoms with Gasteiger partial charge in [-0.25, -0.2) is 24.3 Å². The molecule has 0 amide bonds. The fourth-order valence-corrected chi connectivity index (χ4v) is 1.58. The molecule has 0 aliphatic rings. The monoisotopic (exact) mass is 319 g/mol. The molecule has 0 spiro atoms. The maximum atomic E-state index is 11.8. The van der Waals surface area contributed by atoms with Crippen molar-refractivity contribution in [2.75, 3.05) is 38.9 Å². The Bertz CT molecular complexity index is 604. The van der Waals surface area contributed by atoms with Gasteiger partial charge in [0.1, 0.15) is 13.3 Å². The molecule has 1 N–H and O–H groups in total. The van der Waals surface area contributed by atoms with Gasteiger partial charge in [-0.1, -0.05) is 12.2 Å². The fraction of sp³-hybridized carbons (Fsp3) is 0.333. The minimum Gasteiger partial charge on any atom is -0.461 e. The summed E-state index contributed by atoms with van der Waals surface area (Å²) in [6.45, 7) is 0.162. The average molecular weight is 319 g/mol. The largest absolute Gasteiger partial charge is 0.461 e. The number of anilines is 1. The number of halogens is 1. The lowest BCUT2D eigenvalue weighted by atomic mass is 10.2. The zero-order valence-corrected chi connectivity index (χ0v) is 12.8. The molecule has 23 heavy (non-hydrogen) atoms. The van der Waals surface area contributed by atoms with Gasteiger partial charge in [-0.05, 0) is 0 Å². The first-order chi connectivity index (χ1) is 11.3. The van der Waals surface area contributed by atoms with Crippen LogP contribution in [-0.4, -0.2) is 53.5 Å². The third-order valence-corrected chi connectivity index (χ3v) is 2.69. The minimum atomic E-state index is -0.500. The smallest absolute Gasteiger partial charge is 0.316 e. The van der Waals surface area contributed by atoms with Crippen molar-refractivity contribution in [2.24, 2.45) is 0 Å². The van der Waals surface area contributed by atoms with Gasteiger partial charge in [0.25, 0.3) is 0 Å². The molecular weight excluding hydrogens is 301 g/mol. The summed E-state index contributed by atoms with van der Waals surface area (Å²) in [5.74, 6) is 0.572. The Morgan fingerprint density at radius 3 is 2.13 bits per heavy atom. The van der Waals surface area contributed by atoms with Crippen molar-refractivity contribution in [1.82, 2.24) is 19.9 Å². The van der Waals surface area contributed by atoms with E-state index >= 15 is 0 Å². The van der Waals surface area contributed by atoms with E-state index in [0.717, 1.165) is 11.1 Å². The van der Waals surface area contributed by atoms with Crippen LogP contribution in [0.2, 0.25) is 0 Å². The van der Waals surface area contributed by atoms with Crippen LogP contribution in [0, 0.1) is 0 Å². The highest BCUT2D eigenvalue weighted by Gasteiger charge is 1.98. The number of ether oxygens (including phenoxy) is 2. The van der Waals surface area contributed by atoms with Crippen molar-refractivity contribution in [3.8, 4) is 6.01 Å². The van der Waals surface area contributed by atoms with E-state index in [-0.39, 0.29) is 19.2 Å². The highest BCUT2D eigenvalue weighted by atomic mass is 19.1. The van der Waals surface area contributed by atoms with E-state index in [1.807, 2.05) is 12.2 Å². The highest BCUT2D eigenvalue weighted by Crippen LogP contribution is 2.08. The minimum absolute atomic E-state index is 0.0764. The van der Waals surface area contributed by atoms with Crippen LogP contribution in [0.1, 0.15) is 11.1 Å². The molecule has 0 aromatic carbocycles. The molecule has 0 unspecified atom stereocenters. The van der Waals surface area contributed by atoms with E-state index in [0.29, 0.717) is 12.6 Å². The van der Waals surface area contributed by atoms with Crippen molar-refractivity contribution < 1.29 is 13.9 Å². The van der Waals surface area contributed by atoms with Gasteiger partial charge in [-0.3, -0.25) is 0 Å². The molecule has 2 aromatic heterocycles. The van der Waals surface area contributed by atoms with Gasteiger partial charge in [0.15, 0.2) is 0 Å². The Kier molecular flexibility index (Phi) is 6.86. The molecular formula is C15H18FN5O2. The molecule has 0 atom stereocenters. The van der Waals surface area contributed by atoms with Crippen molar-refractivity contribution >= 4 is 18.1 Å². The number of alkyl halides is 1. The van der Waals surface area contributed by atoms with Gasteiger partial charge in [0, 0.05) is 43.0 Å². The maximum Gasteiger partial charge on any atom is 0.316 e. The quantitative estimate of drug-likeness (QED) is 0.706. The third kappa shape index (κ3) is 5.95. The SMILES string of the molecule is CNc1ncc(/C=C/c2cnc(OCCOCCF)nc2)cn1. The van der Waals surface area contributed by atoms with E-state index in [1.54, 1.807) is 31.8 Å². The van der Waals surface area contributed by atoms with Gasteiger partial charge in [-0.15, -0.1) is 0 Å². The molecule has 2 heterocycles. The second-order valence-electron chi connectivity index (χ2n) is 4.37. The number of hydrogen-bond donors (Lipinski definition) is 1. The summed E-state index contributed by atoms with van der Waals surface area (Å²) in [7, 11) is 1.76. The molecule has 122 valence electrons. The van der Waals surface area contributed by atoms with Gasteiger partial charge < -0.3 is 14.8 Å². The lowest BCUT2D eigenvalue weighted by Gasteiger charge is -2.04. The van der Waals surface area contributed by atoms with Gasteiger partial charge >= 0.3 is 6.01 Å². The summed E-state index contributed by atoms with van der Waals surface area (Å²) in [4.78, 5) is 16.4. The molecule has 2 aromatic rings. The Morgan fingerprint density at radius 1 is 0.957 bits per heavy atom. The number of rotatable bonds is 9. The molecule has 0 aliphatic carbocycles. The molecule has 0 saturated carbocycles. The van der Waals surface area contributed by atoms with E-state index in [9.17, 15) is 4.39 Å². The summed E-state index contributed by atoms with van der Waals surface area (Å²) < 4.78 is 22.0. The molecule has 0 bridgehead atoms. The fourth-order valence-electron chi connectivity index (χ4n) is 1.58. The van der Waals surface area contributed by atoms with Crippen LogP contribution in [0.25, 0.3) is 12.2 Å². The van der Waals surface area contributed by atoms with Gasteiger partial charge in [-0.2, -0.15) is 0 Å². The van der Waals surface area contributed by atoms with Crippen LogP contribution in [-0.2, 0) is 4.74 Å². The first-order valence-corrected chi connectivity index (χ1v) is 7.08. The first kappa shape index (κ1) is 16.8. The van der Waals surface area contributed by atoms with Crippen molar-refractivity contribution in [3.63, 3.8) is 0 Å². The number of aromatic nitrogens is 4. The van der Waals surface area contributed by atoms with Gasteiger partial charge in [0.2, 0.25) is 5.95 Å². The van der Waals surface area contributed by atoms with E-state index in [1.165, 1.54) is 0 Å². The van der Waals surface area contributed by atoms with E-state index in [4.69, 9.17) is 9.47 Å². The Hall–Kier alpha value is -2.61. The van der Waals surface area contributed by atoms with Crippen molar-refractivity contribution in [2.45, 2.75) is 0 Å². The summed E-state index contributed by atoms with van der Waals surface area (Å²) in [6, 6.07) is 0.257. The third-order valence-electron chi connectivity index (χ3n) is 2.69. The van der Waals surface area contributed by atoms with Crippen LogP contribution in [0.5, 0.6) is 6.01 Å².